The van der Waals surface area contributed by atoms with Crippen LogP contribution in [0.1, 0.15) is 13.3 Å². The third-order valence-corrected chi connectivity index (χ3v) is 2.23. The van der Waals surface area contributed by atoms with E-state index in [2.05, 4.69) is 30.7 Å². The van der Waals surface area contributed by atoms with Crippen molar-refractivity contribution >= 4 is 17.7 Å². The largest absolute Gasteiger partial charge is 0.463 e. The van der Waals surface area contributed by atoms with Crippen LogP contribution in [0.5, 0.6) is 6.01 Å². The zero-order valence-corrected chi connectivity index (χ0v) is 11.2. The number of hydrogen-bond donors (Lipinski definition) is 2. The van der Waals surface area contributed by atoms with Crippen LogP contribution in [-0.2, 0) is 7.05 Å². The topological polar surface area (TPSA) is 89.8 Å². The molecule has 2 rings (SSSR count). The second kappa shape index (κ2) is 5.98. The van der Waals surface area contributed by atoms with E-state index in [4.69, 9.17) is 4.74 Å². The average Bonchev–Trinajstić information content (AvgIpc) is 2.81. The molecular formula is C11H17N7O. The summed E-state index contributed by atoms with van der Waals surface area (Å²) in [5.41, 5.74) is 0. The molecule has 0 aliphatic rings. The number of nitrogens with zero attached hydrogens (tertiary/aromatic N) is 5. The zero-order valence-electron chi connectivity index (χ0n) is 11.2. The third-order valence-electron chi connectivity index (χ3n) is 2.23. The van der Waals surface area contributed by atoms with Crippen molar-refractivity contribution in [2.75, 3.05) is 24.3 Å². The molecule has 0 saturated carbocycles. The maximum atomic E-state index is 5.41. The molecule has 0 aromatic carbocycles. The monoisotopic (exact) mass is 263 g/mol. The summed E-state index contributed by atoms with van der Waals surface area (Å²) in [4.78, 5) is 12.5. The summed E-state index contributed by atoms with van der Waals surface area (Å²) in [5, 5.41) is 10.1. The molecule has 0 unspecified atom stereocenters. The number of nitrogens with one attached hydrogen (secondary N) is 2. The van der Waals surface area contributed by atoms with Crippen molar-refractivity contribution in [2.45, 2.75) is 13.3 Å². The number of ether oxygens (including phenoxy) is 1. The Kier molecular flexibility index (Phi) is 4.11. The maximum absolute atomic E-state index is 5.41. The highest BCUT2D eigenvalue weighted by molar-refractivity contribution is 5.48. The Balaban J connectivity index is 2.18. The Hall–Kier alpha value is -2.38. The summed E-state index contributed by atoms with van der Waals surface area (Å²) in [6, 6.07) is 2.12. The van der Waals surface area contributed by atoms with E-state index in [0.29, 0.717) is 30.3 Å². The third kappa shape index (κ3) is 3.54. The van der Waals surface area contributed by atoms with Crippen LogP contribution in [0.25, 0.3) is 0 Å². The van der Waals surface area contributed by atoms with Crippen LogP contribution in [0.2, 0.25) is 0 Å². The number of aromatic nitrogens is 5. The van der Waals surface area contributed by atoms with Gasteiger partial charge in [-0.1, -0.05) is 6.92 Å². The van der Waals surface area contributed by atoms with E-state index >= 15 is 0 Å². The minimum absolute atomic E-state index is 0.291. The molecule has 8 heteroatoms. The van der Waals surface area contributed by atoms with Crippen LogP contribution in [-0.4, -0.2) is 38.4 Å². The van der Waals surface area contributed by atoms with E-state index in [0.717, 1.165) is 6.42 Å². The second-order valence-electron chi connectivity index (χ2n) is 3.86. The van der Waals surface area contributed by atoms with Crippen LogP contribution >= 0.6 is 0 Å². The van der Waals surface area contributed by atoms with Crippen molar-refractivity contribution in [3.8, 4) is 6.01 Å². The standard InChI is InChI=1S/C11H17N7O/c1-4-7-19-11-15-9(12-2)14-10(16-11)13-8-5-6-18(3)17-8/h5-6H,4,7H2,1-3H3,(H2,12,13,14,15,16,17). The molecule has 19 heavy (non-hydrogen) atoms. The van der Waals surface area contributed by atoms with E-state index in [1.807, 2.05) is 26.2 Å². The highest BCUT2D eigenvalue weighted by Gasteiger charge is 2.07. The van der Waals surface area contributed by atoms with Crippen molar-refractivity contribution in [1.82, 2.24) is 24.7 Å². The smallest absolute Gasteiger partial charge is 0.323 e. The average molecular weight is 263 g/mol. The molecule has 0 bridgehead atoms. The molecule has 8 nitrogen and oxygen atoms in total. The minimum Gasteiger partial charge on any atom is -0.463 e. The Morgan fingerprint density at radius 3 is 2.68 bits per heavy atom. The molecule has 0 aliphatic heterocycles. The molecule has 2 aromatic heterocycles. The Morgan fingerprint density at radius 1 is 1.26 bits per heavy atom. The van der Waals surface area contributed by atoms with E-state index in [1.165, 1.54) is 0 Å². The van der Waals surface area contributed by atoms with Gasteiger partial charge >= 0.3 is 6.01 Å². The minimum atomic E-state index is 0.291. The van der Waals surface area contributed by atoms with Gasteiger partial charge in [0, 0.05) is 26.4 Å². The van der Waals surface area contributed by atoms with Crippen LogP contribution in [0.3, 0.4) is 0 Å². The molecule has 102 valence electrons. The van der Waals surface area contributed by atoms with E-state index < -0.39 is 0 Å². The molecule has 0 saturated heterocycles. The van der Waals surface area contributed by atoms with Crippen LogP contribution < -0.4 is 15.4 Å². The SMILES string of the molecule is CCCOc1nc(NC)nc(Nc2ccn(C)n2)n1. The van der Waals surface area contributed by atoms with Gasteiger partial charge in [0.2, 0.25) is 11.9 Å². The van der Waals surface area contributed by atoms with E-state index in [-0.39, 0.29) is 0 Å². The van der Waals surface area contributed by atoms with E-state index in [1.54, 1.807) is 11.7 Å². The molecule has 0 radical (unpaired) electrons. The fourth-order valence-corrected chi connectivity index (χ4v) is 1.38. The van der Waals surface area contributed by atoms with Crippen molar-refractivity contribution in [3.63, 3.8) is 0 Å². The van der Waals surface area contributed by atoms with Gasteiger partial charge in [-0.25, -0.2) is 0 Å². The highest BCUT2D eigenvalue weighted by atomic mass is 16.5. The molecule has 2 aromatic rings. The number of hydrogen-bond acceptors (Lipinski definition) is 7. The predicted octanol–water partition coefficient (Wildman–Crippen LogP) is 1.18. The molecule has 2 heterocycles. The van der Waals surface area contributed by atoms with Crippen LogP contribution in [0, 0.1) is 0 Å². The molecule has 2 N–H and O–H groups in total. The lowest BCUT2D eigenvalue weighted by molar-refractivity contribution is 0.292. The van der Waals surface area contributed by atoms with Gasteiger partial charge in [0.05, 0.1) is 6.61 Å². The van der Waals surface area contributed by atoms with Gasteiger partial charge in [0.25, 0.3) is 0 Å². The predicted molar refractivity (Wildman–Crippen MR) is 71.7 cm³/mol. The molecule has 0 fully saturated rings. The molecule has 0 spiro atoms. The van der Waals surface area contributed by atoms with Gasteiger partial charge in [0.15, 0.2) is 5.82 Å². The first kappa shape index (κ1) is 13.1. The quantitative estimate of drug-likeness (QED) is 0.808. The highest BCUT2D eigenvalue weighted by Crippen LogP contribution is 2.14. The normalized spacial score (nSPS) is 10.3. The summed E-state index contributed by atoms with van der Waals surface area (Å²) in [6.45, 7) is 2.59. The Bertz CT molecular complexity index is 540. The number of anilines is 3. The molecule has 0 amide bonds. The molecule has 0 atom stereocenters. The fourth-order valence-electron chi connectivity index (χ4n) is 1.38. The number of rotatable bonds is 6. The summed E-state index contributed by atoms with van der Waals surface area (Å²) in [6.07, 6.45) is 2.72. The zero-order chi connectivity index (χ0) is 13.7. The summed E-state index contributed by atoms with van der Waals surface area (Å²) < 4.78 is 7.10. The first-order valence-corrected chi connectivity index (χ1v) is 6.04. The van der Waals surface area contributed by atoms with Gasteiger partial charge in [-0.2, -0.15) is 20.1 Å². The fraction of sp³-hybridized carbons (Fsp3) is 0.455. The van der Waals surface area contributed by atoms with Gasteiger partial charge in [-0.05, 0) is 6.42 Å². The van der Waals surface area contributed by atoms with E-state index in [9.17, 15) is 0 Å². The first-order valence-electron chi connectivity index (χ1n) is 6.04. The van der Waals surface area contributed by atoms with Gasteiger partial charge < -0.3 is 15.4 Å². The lowest BCUT2D eigenvalue weighted by Crippen LogP contribution is -2.08. The maximum Gasteiger partial charge on any atom is 0.323 e. The lowest BCUT2D eigenvalue weighted by Gasteiger charge is -2.07. The Morgan fingerprint density at radius 2 is 2.05 bits per heavy atom. The van der Waals surface area contributed by atoms with Crippen molar-refractivity contribution in [3.05, 3.63) is 12.3 Å². The van der Waals surface area contributed by atoms with Gasteiger partial charge in [-0.15, -0.1) is 0 Å². The first-order chi connectivity index (χ1) is 9.21. The summed E-state index contributed by atoms with van der Waals surface area (Å²) in [5.74, 6) is 1.50. The van der Waals surface area contributed by atoms with Crippen molar-refractivity contribution in [1.29, 1.82) is 0 Å². The molecule has 0 aliphatic carbocycles. The second-order valence-corrected chi connectivity index (χ2v) is 3.86. The van der Waals surface area contributed by atoms with Gasteiger partial charge in [-0.3, -0.25) is 4.68 Å². The lowest BCUT2D eigenvalue weighted by atomic mass is 10.5. The Labute approximate surface area is 111 Å². The summed E-state index contributed by atoms with van der Waals surface area (Å²) in [7, 11) is 3.58. The molecular weight excluding hydrogens is 246 g/mol. The van der Waals surface area contributed by atoms with Crippen molar-refractivity contribution < 1.29 is 4.74 Å². The van der Waals surface area contributed by atoms with Crippen molar-refractivity contribution in [2.24, 2.45) is 7.05 Å². The summed E-state index contributed by atoms with van der Waals surface area (Å²) >= 11 is 0. The number of aryl methyl sites for hydroxylation is 1. The van der Waals surface area contributed by atoms with Crippen LogP contribution in [0.15, 0.2) is 12.3 Å². The van der Waals surface area contributed by atoms with Gasteiger partial charge in [0.1, 0.15) is 0 Å². The van der Waals surface area contributed by atoms with Crippen LogP contribution in [0.4, 0.5) is 17.7 Å².